The molecule has 1 N–H and O–H groups in total. The lowest BCUT2D eigenvalue weighted by Gasteiger charge is -2.12. The fourth-order valence-electron chi connectivity index (χ4n) is 2.74. The van der Waals surface area contributed by atoms with Crippen LogP contribution < -0.4 is 5.32 Å². The highest BCUT2D eigenvalue weighted by atomic mass is 16.2. The monoisotopic (exact) mass is 295 g/mol. The summed E-state index contributed by atoms with van der Waals surface area (Å²) < 4.78 is 1.86. The first-order chi connectivity index (χ1) is 10.7. The average Bonchev–Trinajstić information content (AvgIpc) is 3.14. The minimum absolute atomic E-state index is 0.0800. The van der Waals surface area contributed by atoms with Crippen molar-refractivity contribution in [1.82, 2.24) is 14.5 Å². The SMILES string of the molecule is CC1CN(C#N)C[C@H]1C(=O)Nc1cn(-c2ccccc2)cn1. The van der Waals surface area contributed by atoms with Crippen LogP contribution in [0.25, 0.3) is 5.69 Å². The molecule has 6 heteroatoms. The Morgan fingerprint density at radius 1 is 1.36 bits per heavy atom. The molecule has 0 saturated carbocycles. The molecule has 1 fully saturated rings. The van der Waals surface area contributed by atoms with Gasteiger partial charge < -0.3 is 14.8 Å². The Bertz CT molecular complexity index is 703. The maximum Gasteiger partial charge on any atom is 0.230 e. The molecule has 1 amide bonds. The molecule has 1 unspecified atom stereocenters. The maximum atomic E-state index is 12.3. The number of hydrogen-bond acceptors (Lipinski definition) is 4. The van der Waals surface area contributed by atoms with Gasteiger partial charge in [-0.1, -0.05) is 25.1 Å². The number of likely N-dealkylation sites (tertiary alicyclic amines) is 1. The summed E-state index contributed by atoms with van der Waals surface area (Å²) in [5.74, 6) is 0.428. The molecule has 1 aliphatic heterocycles. The number of nitriles is 1. The van der Waals surface area contributed by atoms with Crippen molar-refractivity contribution in [3.8, 4) is 11.9 Å². The van der Waals surface area contributed by atoms with Gasteiger partial charge in [0.1, 0.15) is 6.33 Å². The number of imidazole rings is 1. The van der Waals surface area contributed by atoms with Crippen LogP contribution in [-0.4, -0.2) is 33.4 Å². The summed E-state index contributed by atoms with van der Waals surface area (Å²) in [6.45, 7) is 3.10. The van der Waals surface area contributed by atoms with Crippen LogP contribution in [0.3, 0.4) is 0 Å². The van der Waals surface area contributed by atoms with Crippen LogP contribution in [0, 0.1) is 23.3 Å². The molecular formula is C16H17N5O. The molecular weight excluding hydrogens is 278 g/mol. The minimum atomic E-state index is -0.179. The zero-order chi connectivity index (χ0) is 15.5. The number of aromatic nitrogens is 2. The van der Waals surface area contributed by atoms with E-state index in [4.69, 9.17) is 5.26 Å². The number of carbonyl (C=O) groups excluding carboxylic acids is 1. The van der Waals surface area contributed by atoms with Crippen LogP contribution in [0.4, 0.5) is 5.82 Å². The molecule has 112 valence electrons. The van der Waals surface area contributed by atoms with E-state index in [-0.39, 0.29) is 17.7 Å². The van der Waals surface area contributed by atoms with E-state index in [1.165, 1.54) is 0 Å². The highest BCUT2D eigenvalue weighted by Gasteiger charge is 2.34. The second-order valence-corrected chi connectivity index (χ2v) is 5.58. The van der Waals surface area contributed by atoms with Crippen LogP contribution in [0.2, 0.25) is 0 Å². The van der Waals surface area contributed by atoms with Gasteiger partial charge in [-0.05, 0) is 18.1 Å². The molecule has 2 heterocycles. The molecule has 22 heavy (non-hydrogen) atoms. The molecule has 1 saturated heterocycles. The summed E-state index contributed by atoms with van der Waals surface area (Å²) in [6.07, 6.45) is 5.56. The van der Waals surface area contributed by atoms with Crippen molar-refractivity contribution < 1.29 is 4.79 Å². The third-order valence-electron chi connectivity index (χ3n) is 3.98. The van der Waals surface area contributed by atoms with E-state index >= 15 is 0 Å². The molecule has 0 bridgehead atoms. The Balaban J connectivity index is 1.68. The summed E-state index contributed by atoms with van der Waals surface area (Å²) >= 11 is 0. The van der Waals surface area contributed by atoms with Crippen LogP contribution in [-0.2, 0) is 4.79 Å². The number of amides is 1. The number of benzene rings is 1. The van der Waals surface area contributed by atoms with Gasteiger partial charge in [0.2, 0.25) is 5.91 Å². The van der Waals surface area contributed by atoms with Crippen LogP contribution in [0.1, 0.15) is 6.92 Å². The lowest BCUT2D eigenvalue weighted by molar-refractivity contribution is -0.120. The summed E-state index contributed by atoms with van der Waals surface area (Å²) in [4.78, 5) is 18.2. The summed E-state index contributed by atoms with van der Waals surface area (Å²) in [7, 11) is 0. The summed E-state index contributed by atoms with van der Waals surface area (Å²) in [5.41, 5.74) is 0.986. The molecule has 1 aromatic carbocycles. The second kappa shape index (κ2) is 5.90. The molecule has 2 aromatic rings. The zero-order valence-corrected chi connectivity index (χ0v) is 12.3. The molecule has 1 aliphatic rings. The van der Waals surface area contributed by atoms with E-state index in [1.54, 1.807) is 17.4 Å². The molecule has 1 aromatic heterocycles. The van der Waals surface area contributed by atoms with E-state index in [0.717, 1.165) is 5.69 Å². The number of rotatable bonds is 3. The van der Waals surface area contributed by atoms with Gasteiger partial charge in [-0.25, -0.2) is 4.98 Å². The van der Waals surface area contributed by atoms with Gasteiger partial charge in [-0.3, -0.25) is 4.79 Å². The molecule has 2 atom stereocenters. The molecule has 3 rings (SSSR count). The number of anilines is 1. The predicted octanol–water partition coefficient (Wildman–Crippen LogP) is 1.86. The van der Waals surface area contributed by atoms with Crippen LogP contribution >= 0.6 is 0 Å². The van der Waals surface area contributed by atoms with Gasteiger partial charge in [0.05, 0.1) is 12.1 Å². The molecule has 0 radical (unpaired) electrons. The number of hydrogen-bond donors (Lipinski definition) is 1. The summed E-state index contributed by atoms with van der Waals surface area (Å²) in [5, 5.41) is 11.8. The van der Waals surface area contributed by atoms with Crippen LogP contribution in [0.15, 0.2) is 42.9 Å². The fourth-order valence-corrected chi connectivity index (χ4v) is 2.74. The molecule has 0 spiro atoms. The highest BCUT2D eigenvalue weighted by molar-refractivity contribution is 5.92. The quantitative estimate of drug-likeness (QED) is 0.877. The number of nitrogens with one attached hydrogen (secondary N) is 1. The Kier molecular flexibility index (Phi) is 3.79. The maximum absolute atomic E-state index is 12.3. The van der Waals surface area contributed by atoms with Crippen molar-refractivity contribution in [2.45, 2.75) is 6.92 Å². The lowest BCUT2D eigenvalue weighted by atomic mass is 9.97. The first-order valence-corrected chi connectivity index (χ1v) is 7.22. The van der Waals surface area contributed by atoms with Gasteiger partial charge in [0.15, 0.2) is 12.0 Å². The number of nitrogens with zero attached hydrogens (tertiary/aromatic N) is 4. The van der Waals surface area contributed by atoms with Crippen molar-refractivity contribution in [3.63, 3.8) is 0 Å². The Morgan fingerprint density at radius 3 is 2.82 bits per heavy atom. The topological polar surface area (TPSA) is 74.0 Å². The smallest absolute Gasteiger partial charge is 0.230 e. The normalized spacial score (nSPS) is 20.6. The van der Waals surface area contributed by atoms with Crippen LogP contribution in [0.5, 0.6) is 0 Å². The van der Waals surface area contributed by atoms with Crippen molar-refractivity contribution in [1.29, 1.82) is 5.26 Å². The number of para-hydroxylation sites is 1. The average molecular weight is 295 g/mol. The first-order valence-electron chi connectivity index (χ1n) is 7.22. The van der Waals surface area contributed by atoms with Gasteiger partial charge in [0, 0.05) is 18.8 Å². The van der Waals surface area contributed by atoms with Gasteiger partial charge in [0.25, 0.3) is 0 Å². The minimum Gasteiger partial charge on any atom is -0.310 e. The Hall–Kier alpha value is -2.81. The van der Waals surface area contributed by atoms with Crippen molar-refractivity contribution in [3.05, 3.63) is 42.9 Å². The predicted molar refractivity (Wildman–Crippen MR) is 82.0 cm³/mol. The summed E-state index contributed by atoms with van der Waals surface area (Å²) in [6, 6.07) is 9.79. The molecule has 6 nitrogen and oxygen atoms in total. The highest BCUT2D eigenvalue weighted by Crippen LogP contribution is 2.23. The van der Waals surface area contributed by atoms with Crippen molar-refractivity contribution >= 4 is 11.7 Å². The molecule has 0 aliphatic carbocycles. The van der Waals surface area contributed by atoms with Crippen molar-refractivity contribution in [2.75, 3.05) is 18.4 Å². The Morgan fingerprint density at radius 2 is 2.14 bits per heavy atom. The third kappa shape index (κ3) is 2.79. The van der Waals surface area contributed by atoms with Gasteiger partial charge in [-0.15, -0.1) is 0 Å². The van der Waals surface area contributed by atoms with Gasteiger partial charge in [-0.2, -0.15) is 5.26 Å². The van der Waals surface area contributed by atoms with E-state index in [9.17, 15) is 4.79 Å². The van der Waals surface area contributed by atoms with Gasteiger partial charge >= 0.3 is 0 Å². The zero-order valence-electron chi connectivity index (χ0n) is 12.3. The third-order valence-corrected chi connectivity index (χ3v) is 3.98. The first kappa shape index (κ1) is 14.1. The lowest BCUT2D eigenvalue weighted by Crippen LogP contribution is -2.28. The van der Waals surface area contributed by atoms with E-state index < -0.39 is 0 Å². The van der Waals surface area contributed by atoms with E-state index in [0.29, 0.717) is 18.9 Å². The van der Waals surface area contributed by atoms with E-state index in [1.807, 2.05) is 41.8 Å². The van der Waals surface area contributed by atoms with Crippen molar-refractivity contribution in [2.24, 2.45) is 11.8 Å². The van der Waals surface area contributed by atoms with E-state index in [2.05, 4.69) is 16.5 Å². The number of carbonyl (C=O) groups is 1. The largest absolute Gasteiger partial charge is 0.310 e. The standard InChI is InChI=1S/C16H17N5O/c1-12-7-20(10-17)8-14(12)16(22)19-15-9-21(11-18-15)13-5-3-2-4-6-13/h2-6,9,11-12,14H,7-8H2,1H3,(H,19,22)/t12?,14-/m1/s1. The second-order valence-electron chi connectivity index (χ2n) is 5.58. The fraction of sp³-hybridized carbons (Fsp3) is 0.312. The Labute approximate surface area is 129 Å².